The Labute approximate surface area is 217 Å². The van der Waals surface area contributed by atoms with Crippen LogP contribution in [0.5, 0.6) is 11.5 Å². The molecule has 1 saturated heterocycles. The van der Waals surface area contributed by atoms with E-state index < -0.39 is 16.1 Å². The maximum atomic E-state index is 14.9. The molecular formula is C28H25FN2O5S. The molecule has 9 heteroatoms. The van der Waals surface area contributed by atoms with Crippen molar-refractivity contribution in [3.8, 4) is 22.8 Å². The van der Waals surface area contributed by atoms with Crippen LogP contribution < -0.4 is 14.8 Å². The van der Waals surface area contributed by atoms with E-state index in [2.05, 4.69) is 12.1 Å². The van der Waals surface area contributed by atoms with Crippen molar-refractivity contribution < 1.29 is 28.0 Å². The fourth-order valence-corrected chi connectivity index (χ4v) is 5.02. The molecular weight excluding hydrogens is 495 g/mol. The molecule has 1 unspecified atom stereocenters. The first-order valence-corrected chi connectivity index (χ1v) is 12.9. The SMILES string of the molecule is CCCc1c(OCCCOc2ccc(C3(F)SC(=O)NC3=O)cc2)ccc2c(-c3ccccc3)noc12. The number of nitrogens with one attached hydrogen (secondary N) is 1. The quantitative estimate of drug-likeness (QED) is 0.242. The van der Waals surface area contributed by atoms with Crippen molar-refractivity contribution in [1.82, 2.24) is 10.5 Å². The number of aromatic nitrogens is 1. The van der Waals surface area contributed by atoms with E-state index >= 15 is 0 Å². The number of rotatable bonds is 10. The van der Waals surface area contributed by atoms with Crippen LogP contribution in [0.4, 0.5) is 9.18 Å². The summed E-state index contributed by atoms with van der Waals surface area (Å²) in [5.41, 5.74) is 3.66. The van der Waals surface area contributed by atoms with Gasteiger partial charge >= 0.3 is 0 Å². The second kappa shape index (κ2) is 10.6. The minimum absolute atomic E-state index is 0.0956. The highest BCUT2D eigenvalue weighted by atomic mass is 32.2. The number of halogens is 1. The highest BCUT2D eigenvalue weighted by Gasteiger charge is 2.50. The minimum atomic E-state index is -2.41. The average Bonchev–Trinajstić information content (AvgIpc) is 3.46. The van der Waals surface area contributed by atoms with E-state index in [-0.39, 0.29) is 5.56 Å². The molecule has 1 atom stereocenters. The van der Waals surface area contributed by atoms with Gasteiger partial charge in [0.15, 0.2) is 5.58 Å². The number of carbonyl (C=O) groups is 2. The number of amides is 2. The van der Waals surface area contributed by atoms with Crippen molar-refractivity contribution in [3.63, 3.8) is 0 Å². The molecule has 1 fully saturated rings. The maximum absolute atomic E-state index is 14.9. The lowest BCUT2D eigenvalue weighted by atomic mass is 10.0. The van der Waals surface area contributed by atoms with E-state index in [0.717, 1.165) is 46.4 Å². The summed E-state index contributed by atoms with van der Waals surface area (Å²) in [6.07, 6.45) is 2.36. The largest absolute Gasteiger partial charge is 0.493 e. The number of nitrogens with zero attached hydrogens (tertiary/aromatic N) is 1. The smallest absolute Gasteiger partial charge is 0.289 e. The van der Waals surface area contributed by atoms with Crippen LogP contribution in [0.3, 0.4) is 0 Å². The minimum Gasteiger partial charge on any atom is -0.493 e. The van der Waals surface area contributed by atoms with Crippen molar-refractivity contribution >= 4 is 33.9 Å². The number of hydrogen-bond acceptors (Lipinski definition) is 7. The first kappa shape index (κ1) is 24.8. The van der Waals surface area contributed by atoms with E-state index in [9.17, 15) is 14.0 Å². The van der Waals surface area contributed by atoms with Gasteiger partial charge < -0.3 is 14.0 Å². The molecule has 5 rings (SSSR count). The Bertz CT molecular complexity index is 1420. The molecule has 0 radical (unpaired) electrons. The van der Waals surface area contributed by atoms with Crippen LogP contribution in [0, 0.1) is 0 Å². The van der Waals surface area contributed by atoms with Crippen molar-refractivity contribution in [2.75, 3.05) is 13.2 Å². The monoisotopic (exact) mass is 520 g/mol. The van der Waals surface area contributed by atoms with Gasteiger partial charge in [0.25, 0.3) is 16.1 Å². The second-order valence-electron chi connectivity index (χ2n) is 8.58. The molecule has 4 aromatic rings. The molecule has 1 aliphatic rings. The third-order valence-electron chi connectivity index (χ3n) is 6.03. The predicted molar refractivity (Wildman–Crippen MR) is 139 cm³/mol. The van der Waals surface area contributed by atoms with Crippen LogP contribution in [0.2, 0.25) is 0 Å². The topological polar surface area (TPSA) is 90.7 Å². The number of ether oxygens (including phenoxy) is 2. The van der Waals surface area contributed by atoms with E-state index in [1.165, 1.54) is 12.1 Å². The van der Waals surface area contributed by atoms with Crippen molar-refractivity contribution in [3.05, 3.63) is 77.9 Å². The number of fused-ring (bicyclic) bond motifs is 1. The number of alkyl halides is 1. The van der Waals surface area contributed by atoms with Crippen molar-refractivity contribution in [2.45, 2.75) is 31.2 Å². The van der Waals surface area contributed by atoms with E-state index in [4.69, 9.17) is 14.0 Å². The first-order chi connectivity index (χ1) is 18.0. The molecule has 37 heavy (non-hydrogen) atoms. The Hall–Kier alpha value is -3.85. The molecule has 7 nitrogen and oxygen atoms in total. The van der Waals surface area contributed by atoms with Crippen LogP contribution in [-0.4, -0.2) is 29.5 Å². The third kappa shape index (κ3) is 5.04. The molecule has 0 spiro atoms. The molecule has 0 bridgehead atoms. The van der Waals surface area contributed by atoms with Gasteiger partial charge in [-0.2, -0.15) is 0 Å². The van der Waals surface area contributed by atoms with Crippen molar-refractivity contribution in [2.24, 2.45) is 0 Å². The van der Waals surface area contributed by atoms with Crippen molar-refractivity contribution in [1.29, 1.82) is 0 Å². The Kier molecular flexibility index (Phi) is 7.14. The maximum Gasteiger partial charge on any atom is 0.289 e. The summed E-state index contributed by atoms with van der Waals surface area (Å²) in [6.45, 7) is 2.93. The lowest BCUT2D eigenvalue weighted by molar-refractivity contribution is -0.126. The van der Waals surface area contributed by atoms with Gasteiger partial charge in [0, 0.05) is 23.1 Å². The summed E-state index contributed by atoms with van der Waals surface area (Å²) in [4.78, 5) is 23.1. The molecule has 1 aliphatic heterocycles. The summed E-state index contributed by atoms with van der Waals surface area (Å²) < 4.78 is 32.4. The second-order valence-corrected chi connectivity index (χ2v) is 9.72. The van der Waals surface area contributed by atoms with Crippen LogP contribution in [0.25, 0.3) is 22.2 Å². The van der Waals surface area contributed by atoms with Gasteiger partial charge in [-0.25, -0.2) is 4.39 Å². The van der Waals surface area contributed by atoms with Gasteiger partial charge in [0.2, 0.25) is 0 Å². The van der Waals surface area contributed by atoms with E-state index in [1.54, 1.807) is 12.1 Å². The zero-order chi connectivity index (χ0) is 25.8. The molecule has 0 saturated carbocycles. The number of benzene rings is 3. The summed E-state index contributed by atoms with van der Waals surface area (Å²) in [5.74, 6) is 0.338. The number of thioether (sulfide) groups is 1. The standard InChI is InChI=1S/C28H25FN2O5S/c1-2-7-21-23(15-14-22-24(31-36-25(21)22)18-8-4-3-5-9-18)35-17-6-16-34-20-12-10-19(11-13-20)28(29)26(32)30-27(33)37-28/h3-5,8-15H,2,6-7,16-17H2,1H3,(H,30,32,33). The van der Waals surface area contributed by atoms with E-state index in [1.807, 2.05) is 47.8 Å². The first-order valence-electron chi connectivity index (χ1n) is 12.1. The van der Waals surface area contributed by atoms with Gasteiger partial charge in [-0.1, -0.05) is 61.0 Å². The molecule has 2 amide bonds. The fourth-order valence-electron chi connectivity index (χ4n) is 4.23. The third-order valence-corrected chi connectivity index (χ3v) is 7.02. The van der Waals surface area contributed by atoms with Crippen LogP contribution in [0.1, 0.15) is 30.9 Å². The van der Waals surface area contributed by atoms with Crippen LogP contribution in [0.15, 0.2) is 71.3 Å². The van der Waals surface area contributed by atoms with Crippen LogP contribution in [-0.2, 0) is 16.2 Å². The van der Waals surface area contributed by atoms with E-state index in [0.29, 0.717) is 37.1 Å². The Balaban J connectivity index is 1.19. The summed E-state index contributed by atoms with van der Waals surface area (Å²) in [7, 11) is 0. The van der Waals surface area contributed by atoms with Gasteiger partial charge in [0.05, 0.1) is 18.6 Å². The zero-order valence-electron chi connectivity index (χ0n) is 20.2. The number of aryl methyl sites for hydroxylation is 1. The lowest BCUT2D eigenvalue weighted by Crippen LogP contribution is -2.30. The molecule has 3 aromatic carbocycles. The highest BCUT2D eigenvalue weighted by Crippen LogP contribution is 2.43. The van der Waals surface area contributed by atoms with Crippen LogP contribution >= 0.6 is 11.8 Å². The van der Waals surface area contributed by atoms with Gasteiger partial charge in [-0.15, -0.1) is 0 Å². The molecule has 0 aliphatic carbocycles. The molecule has 1 N–H and O–H groups in total. The number of hydrogen-bond donors (Lipinski definition) is 1. The summed E-state index contributed by atoms with van der Waals surface area (Å²) >= 11 is 0.328. The van der Waals surface area contributed by atoms with Gasteiger partial charge in [0.1, 0.15) is 17.2 Å². The lowest BCUT2D eigenvalue weighted by Gasteiger charge is -2.15. The Morgan fingerprint density at radius 2 is 1.76 bits per heavy atom. The van der Waals surface area contributed by atoms with Gasteiger partial charge in [-0.05, 0) is 42.4 Å². The fraction of sp³-hybridized carbons (Fsp3) is 0.250. The number of carbonyl (C=O) groups excluding carboxylic acids is 2. The normalized spacial score (nSPS) is 17.2. The highest BCUT2D eigenvalue weighted by molar-refractivity contribution is 8.15. The molecule has 1 aromatic heterocycles. The average molecular weight is 521 g/mol. The number of imide groups is 1. The molecule has 190 valence electrons. The summed E-state index contributed by atoms with van der Waals surface area (Å²) in [5, 5.41) is 4.14. The zero-order valence-corrected chi connectivity index (χ0v) is 21.0. The van der Waals surface area contributed by atoms with Gasteiger partial charge in [-0.3, -0.25) is 14.9 Å². The Morgan fingerprint density at radius 3 is 2.46 bits per heavy atom. The summed E-state index contributed by atoms with van der Waals surface area (Å²) in [6, 6.07) is 19.9. The predicted octanol–water partition coefficient (Wildman–Crippen LogP) is 6.40. The Morgan fingerprint density at radius 1 is 1.00 bits per heavy atom. The molecule has 2 heterocycles.